The summed E-state index contributed by atoms with van der Waals surface area (Å²) in [6.45, 7) is 1.79. The van der Waals surface area contributed by atoms with Crippen molar-refractivity contribution in [2.45, 2.75) is 25.4 Å². The summed E-state index contributed by atoms with van der Waals surface area (Å²) < 4.78 is 10.4. The van der Waals surface area contributed by atoms with Crippen LogP contribution in [0.15, 0.2) is 52.8 Å². The summed E-state index contributed by atoms with van der Waals surface area (Å²) in [4.78, 5) is 39.5. The number of rotatable bonds is 7. The highest BCUT2D eigenvalue weighted by Gasteiger charge is 2.55. The fourth-order valence-corrected chi connectivity index (χ4v) is 3.75. The number of anilines is 2. The molecule has 166 valence electrons. The third-order valence-corrected chi connectivity index (χ3v) is 5.43. The molecular formula is C22H23N5O5. The van der Waals surface area contributed by atoms with Gasteiger partial charge in [0.2, 0.25) is 5.91 Å². The van der Waals surface area contributed by atoms with Crippen LogP contribution in [0, 0.1) is 0 Å². The van der Waals surface area contributed by atoms with E-state index >= 15 is 0 Å². The average Bonchev–Trinajstić information content (AvgIpc) is 3.32. The van der Waals surface area contributed by atoms with Crippen molar-refractivity contribution in [1.82, 2.24) is 5.01 Å². The number of aryl methyl sites for hydroxylation is 1. The number of carbonyl (C=O) groups is 3. The molecule has 10 heteroatoms. The first-order chi connectivity index (χ1) is 15.5. The molecule has 0 saturated carbocycles. The zero-order valence-electron chi connectivity index (χ0n) is 17.9. The average molecular weight is 437 g/mol. The Balaban J connectivity index is 1.46. The van der Waals surface area contributed by atoms with Gasteiger partial charge in [-0.15, -0.1) is 0 Å². The van der Waals surface area contributed by atoms with Gasteiger partial charge in [0.1, 0.15) is 6.54 Å². The molecule has 0 bridgehead atoms. The summed E-state index contributed by atoms with van der Waals surface area (Å²) in [5, 5.41) is 11.8. The first-order valence-electron chi connectivity index (χ1n) is 10.1. The standard InChI is InChI=1S/C22H23N5O5/c1-4-13-5-8-15(9-6-13)27-21(29)19-20(22(27)30)26(25-24-19)12-18(28)23-14-7-10-16(31-2)17(11-14)32-3/h5-11,19-20H,4,12H2,1-3H3,(H,23,28)/t19-,20+/m0/s1. The minimum Gasteiger partial charge on any atom is -0.493 e. The van der Waals surface area contributed by atoms with Gasteiger partial charge in [0.15, 0.2) is 23.6 Å². The van der Waals surface area contributed by atoms with Gasteiger partial charge < -0.3 is 14.8 Å². The largest absolute Gasteiger partial charge is 0.493 e. The third kappa shape index (κ3) is 3.75. The van der Waals surface area contributed by atoms with Crippen LogP contribution in [0.25, 0.3) is 0 Å². The Morgan fingerprint density at radius 3 is 2.41 bits per heavy atom. The van der Waals surface area contributed by atoms with E-state index in [1.165, 1.54) is 19.2 Å². The van der Waals surface area contributed by atoms with Gasteiger partial charge in [0.05, 0.1) is 19.9 Å². The van der Waals surface area contributed by atoms with Crippen LogP contribution in [-0.4, -0.2) is 55.6 Å². The number of hydrogen-bond acceptors (Lipinski definition) is 8. The van der Waals surface area contributed by atoms with Crippen molar-refractivity contribution in [2.24, 2.45) is 10.3 Å². The van der Waals surface area contributed by atoms with Gasteiger partial charge in [-0.1, -0.05) is 24.3 Å². The summed E-state index contributed by atoms with van der Waals surface area (Å²) in [7, 11) is 3.02. The molecule has 1 fully saturated rings. The van der Waals surface area contributed by atoms with Crippen molar-refractivity contribution in [1.29, 1.82) is 0 Å². The molecule has 0 aliphatic carbocycles. The van der Waals surface area contributed by atoms with Crippen LogP contribution >= 0.6 is 0 Å². The summed E-state index contributed by atoms with van der Waals surface area (Å²) >= 11 is 0. The van der Waals surface area contributed by atoms with E-state index in [-0.39, 0.29) is 6.54 Å². The van der Waals surface area contributed by atoms with Gasteiger partial charge in [-0.25, -0.2) is 4.90 Å². The van der Waals surface area contributed by atoms with Crippen LogP contribution in [0.5, 0.6) is 11.5 Å². The number of nitrogens with zero attached hydrogens (tertiary/aromatic N) is 4. The van der Waals surface area contributed by atoms with Gasteiger partial charge in [0.25, 0.3) is 11.8 Å². The van der Waals surface area contributed by atoms with E-state index in [2.05, 4.69) is 15.7 Å². The number of carbonyl (C=O) groups excluding carboxylic acids is 3. The Bertz CT molecular complexity index is 1080. The lowest BCUT2D eigenvalue weighted by atomic mass is 10.1. The number of amides is 3. The normalized spacial score (nSPS) is 19.3. The van der Waals surface area contributed by atoms with E-state index in [1.807, 2.05) is 19.1 Å². The third-order valence-electron chi connectivity index (χ3n) is 5.43. The molecule has 3 amide bonds. The molecule has 2 aliphatic rings. The van der Waals surface area contributed by atoms with Gasteiger partial charge in [-0.3, -0.25) is 19.4 Å². The molecule has 0 unspecified atom stereocenters. The second-order valence-corrected chi connectivity index (χ2v) is 7.34. The van der Waals surface area contributed by atoms with Crippen LogP contribution in [0.2, 0.25) is 0 Å². The number of nitrogens with one attached hydrogen (secondary N) is 1. The Kier molecular flexibility index (Phi) is 5.76. The summed E-state index contributed by atoms with van der Waals surface area (Å²) in [5.74, 6) is -0.317. The van der Waals surface area contributed by atoms with E-state index in [1.54, 1.807) is 30.3 Å². The van der Waals surface area contributed by atoms with Crippen LogP contribution < -0.4 is 19.7 Å². The fraction of sp³-hybridized carbons (Fsp3) is 0.318. The van der Waals surface area contributed by atoms with Crippen molar-refractivity contribution in [3.63, 3.8) is 0 Å². The smallest absolute Gasteiger partial charge is 0.263 e. The highest BCUT2D eigenvalue weighted by Crippen LogP contribution is 2.32. The number of hydrogen-bond donors (Lipinski definition) is 1. The number of ether oxygens (including phenoxy) is 2. The zero-order valence-corrected chi connectivity index (χ0v) is 17.9. The van der Waals surface area contributed by atoms with Crippen molar-refractivity contribution in [2.75, 3.05) is 31.0 Å². The first kappa shape index (κ1) is 21.3. The minimum atomic E-state index is -0.956. The van der Waals surface area contributed by atoms with Gasteiger partial charge >= 0.3 is 0 Å². The van der Waals surface area contributed by atoms with E-state index in [0.29, 0.717) is 22.9 Å². The van der Waals surface area contributed by atoms with Crippen LogP contribution in [-0.2, 0) is 20.8 Å². The lowest BCUT2D eigenvalue weighted by molar-refractivity contribution is -0.123. The molecule has 10 nitrogen and oxygen atoms in total. The highest BCUT2D eigenvalue weighted by molar-refractivity contribution is 6.25. The Labute approximate surface area is 184 Å². The molecule has 2 aromatic carbocycles. The maximum atomic E-state index is 13.0. The molecule has 2 aliphatic heterocycles. The monoisotopic (exact) mass is 437 g/mol. The number of fused-ring (bicyclic) bond motifs is 1. The van der Waals surface area contributed by atoms with Crippen molar-refractivity contribution in [3.05, 3.63) is 48.0 Å². The minimum absolute atomic E-state index is 0.235. The summed E-state index contributed by atoms with van der Waals surface area (Å²) in [5.41, 5.74) is 2.07. The number of imide groups is 1. The van der Waals surface area contributed by atoms with E-state index in [0.717, 1.165) is 16.9 Å². The maximum Gasteiger partial charge on any atom is 0.263 e. The summed E-state index contributed by atoms with van der Waals surface area (Å²) in [6.07, 6.45) is 0.852. The van der Waals surface area contributed by atoms with Crippen LogP contribution in [0.3, 0.4) is 0 Å². The molecule has 2 heterocycles. The molecule has 1 N–H and O–H groups in total. The second kappa shape index (κ2) is 8.66. The lowest BCUT2D eigenvalue weighted by Gasteiger charge is -2.20. The van der Waals surface area contributed by atoms with Gasteiger partial charge in [-0.05, 0) is 36.2 Å². The maximum absolute atomic E-state index is 13.0. The predicted molar refractivity (Wildman–Crippen MR) is 116 cm³/mol. The van der Waals surface area contributed by atoms with Crippen molar-refractivity contribution >= 4 is 29.1 Å². The molecule has 1 saturated heterocycles. The predicted octanol–water partition coefficient (Wildman–Crippen LogP) is 2.20. The first-order valence-corrected chi connectivity index (χ1v) is 10.1. The Hall–Kier alpha value is -3.95. The molecule has 32 heavy (non-hydrogen) atoms. The molecule has 2 aromatic rings. The molecular weight excluding hydrogens is 414 g/mol. The number of benzene rings is 2. The van der Waals surface area contributed by atoms with Crippen molar-refractivity contribution < 1.29 is 23.9 Å². The second-order valence-electron chi connectivity index (χ2n) is 7.34. The van der Waals surface area contributed by atoms with E-state index < -0.39 is 29.8 Å². The quantitative estimate of drug-likeness (QED) is 0.665. The molecule has 0 radical (unpaired) electrons. The van der Waals surface area contributed by atoms with Crippen molar-refractivity contribution in [3.8, 4) is 11.5 Å². The molecule has 0 spiro atoms. The Morgan fingerprint density at radius 2 is 1.75 bits per heavy atom. The zero-order chi connectivity index (χ0) is 22.8. The van der Waals surface area contributed by atoms with Crippen LogP contribution in [0.4, 0.5) is 11.4 Å². The SMILES string of the molecule is CCc1ccc(N2C(=O)[C@H]3N=NN(CC(=O)Nc4ccc(OC)c(OC)c4)[C@H]3C2=O)cc1. The fourth-order valence-electron chi connectivity index (χ4n) is 3.75. The molecule has 2 atom stereocenters. The topological polar surface area (TPSA) is 113 Å². The Morgan fingerprint density at radius 1 is 1.03 bits per heavy atom. The lowest BCUT2D eigenvalue weighted by Crippen LogP contribution is -2.43. The highest BCUT2D eigenvalue weighted by atomic mass is 16.5. The number of methoxy groups -OCH3 is 2. The van der Waals surface area contributed by atoms with E-state index in [9.17, 15) is 14.4 Å². The van der Waals surface area contributed by atoms with Gasteiger partial charge in [-0.2, -0.15) is 5.11 Å². The summed E-state index contributed by atoms with van der Waals surface area (Å²) in [6, 6.07) is 10.3. The van der Waals surface area contributed by atoms with E-state index in [4.69, 9.17) is 9.47 Å². The molecule has 0 aromatic heterocycles. The molecule has 4 rings (SSSR count). The van der Waals surface area contributed by atoms with Crippen LogP contribution in [0.1, 0.15) is 12.5 Å². The van der Waals surface area contributed by atoms with Gasteiger partial charge in [0, 0.05) is 11.8 Å².